The average molecular weight is 370 g/mol. The van der Waals surface area contributed by atoms with Gasteiger partial charge in [0.25, 0.3) is 5.91 Å². The zero-order valence-electron chi connectivity index (χ0n) is 14.0. The summed E-state index contributed by atoms with van der Waals surface area (Å²) in [6.45, 7) is 2.04. The van der Waals surface area contributed by atoms with Crippen LogP contribution in [0.25, 0.3) is 0 Å². The summed E-state index contributed by atoms with van der Waals surface area (Å²) in [4.78, 5) is 17.9. The van der Waals surface area contributed by atoms with Crippen molar-refractivity contribution in [3.05, 3.63) is 47.7 Å². The molecule has 2 aromatic heterocycles. The number of nitrogens with zero attached hydrogens (tertiary/aromatic N) is 2. The number of carbonyl (C=O) groups excluding carboxylic acids is 1. The van der Waals surface area contributed by atoms with Crippen LogP contribution in [0.15, 0.2) is 35.0 Å². The van der Waals surface area contributed by atoms with Gasteiger partial charge in [0.15, 0.2) is 0 Å². The zero-order chi connectivity index (χ0) is 18.7. The first-order valence-corrected chi connectivity index (χ1v) is 7.96. The molecule has 0 aliphatic carbocycles. The summed E-state index contributed by atoms with van der Waals surface area (Å²) in [6, 6.07) is 4.50. The van der Waals surface area contributed by atoms with Crippen LogP contribution in [0.5, 0.6) is 5.75 Å². The van der Waals surface area contributed by atoms with E-state index in [1.165, 1.54) is 18.0 Å². The van der Waals surface area contributed by atoms with Crippen molar-refractivity contribution < 1.29 is 31.9 Å². The minimum Gasteiger partial charge on any atom is -0.485 e. The molecule has 1 fully saturated rings. The van der Waals surface area contributed by atoms with Gasteiger partial charge < -0.3 is 18.8 Å². The third-order valence-electron chi connectivity index (χ3n) is 3.80. The number of halogens is 3. The Hall–Kier alpha value is -2.55. The highest BCUT2D eigenvalue weighted by atomic mass is 19.4. The van der Waals surface area contributed by atoms with E-state index in [-0.39, 0.29) is 32.1 Å². The van der Waals surface area contributed by atoms with Crippen LogP contribution >= 0.6 is 0 Å². The Labute approximate surface area is 147 Å². The fourth-order valence-corrected chi connectivity index (χ4v) is 2.70. The molecule has 0 spiro atoms. The summed E-state index contributed by atoms with van der Waals surface area (Å²) in [5.74, 6) is -1.53. The van der Waals surface area contributed by atoms with E-state index in [0.29, 0.717) is 5.75 Å². The Balaban J connectivity index is 1.78. The van der Waals surface area contributed by atoms with Gasteiger partial charge in [-0.05, 0) is 25.1 Å². The number of hydrogen-bond donors (Lipinski definition) is 0. The van der Waals surface area contributed by atoms with Crippen LogP contribution in [0.1, 0.15) is 21.9 Å². The van der Waals surface area contributed by atoms with Crippen LogP contribution in [0.2, 0.25) is 0 Å². The second-order valence-corrected chi connectivity index (χ2v) is 5.85. The van der Waals surface area contributed by atoms with Gasteiger partial charge in [-0.1, -0.05) is 0 Å². The molecule has 3 rings (SSSR count). The van der Waals surface area contributed by atoms with Crippen molar-refractivity contribution in [2.24, 2.45) is 0 Å². The van der Waals surface area contributed by atoms with E-state index < -0.39 is 29.5 Å². The Kier molecular flexibility index (Phi) is 5.17. The van der Waals surface area contributed by atoms with E-state index in [2.05, 4.69) is 4.98 Å². The van der Waals surface area contributed by atoms with Crippen LogP contribution in [0.3, 0.4) is 0 Å². The molecule has 0 aromatic carbocycles. The van der Waals surface area contributed by atoms with Gasteiger partial charge in [0.1, 0.15) is 17.6 Å². The van der Waals surface area contributed by atoms with Crippen LogP contribution in [-0.2, 0) is 10.9 Å². The Bertz CT molecular complexity index is 761. The lowest BCUT2D eigenvalue weighted by molar-refractivity contribution is -0.153. The molecule has 1 aliphatic rings. The van der Waals surface area contributed by atoms with Gasteiger partial charge in [0, 0.05) is 12.7 Å². The highest BCUT2D eigenvalue weighted by Crippen LogP contribution is 2.34. The van der Waals surface area contributed by atoms with Crippen LogP contribution in [0, 0.1) is 6.92 Å². The molecule has 1 atom stereocenters. The maximum atomic E-state index is 13.1. The molecule has 0 saturated carbocycles. The fourth-order valence-electron chi connectivity index (χ4n) is 2.70. The van der Waals surface area contributed by atoms with E-state index in [0.717, 1.165) is 6.07 Å². The summed E-state index contributed by atoms with van der Waals surface area (Å²) in [5, 5.41) is 0. The molecule has 140 valence electrons. The summed E-state index contributed by atoms with van der Waals surface area (Å²) >= 11 is 0. The van der Waals surface area contributed by atoms with E-state index in [1.807, 2.05) is 0 Å². The smallest absolute Gasteiger partial charge is 0.450 e. The van der Waals surface area contributed by atoms with Crippen molar-refractivity contribution in [1.29, 1.82) is 0 Å². The second kappa shape index (κ2) is 7.36. The fraction of sp³-hybridized carbons (Fsp3) is 0.412. The number of aromatic nitrogens is 1. The van der Waals surface area contributed by atoms with Crippen molar-refractivity contribution in [1.82, 2.24) is 9.88 Å². The number of aryl methyl sites for hydroxylation is 1. The quantitative estimate of drug-likeness (QED) is 0.831. The normalized spacial score (nSPS) is 18.5. The van der Waals surface area contributed by atoms with Crippen LogP contribution in [-0.4, -0.2) is 48.2 Å². The van der Waals surface area contributed by atoms with Gasteiger partial charge in [-0.25, -0.2) is 0 Å². The van der Waals surface area contributed by atoms with Crippen molar-refractivity contribution >= 4 is 5.91 Å². The summed E-state index contributed by atoms with van der Waals surface area (Å²) in [6.07, 6.45) is -2.16. The minimum absolute atomic E-state index is 0.0231. The summed E-state index contributed by atoms with van der Waals surface area (Å²) < 4.78 is 55.2. The molecule has 1 amide bonds. The average Bonchev–Trinajstić information content (AvgIpc) is 2.85. The number of furan rings is 1. The molecular weight excluding hydrogens is 353 g/mol. The molecule has 6 nitrogen and oxygen atoms in total. The molecule has 0 radical (unpaired) electrons. The highest BCUT2D eigenvalue weighted by Gasteiger charge is 2.41. The molecule has 1 saturated heterocycles. The van der Waals surface area contributed by atoms with Gasteiger partial charge in [-0.2, -0.15) is 13.2 Å². The molecule has 1 unspecified atom stereocenters. The predicted octanol–water partition coefficient (Wildman–Crippen LogP) is 2.92. The molecular formula is C17H17F3N2O4. The predicted molar refractivity (Wildman–Crippen MR) is 83.8 cm³/mol. The van der Waals surface area contributed by atoms with Crippen molar-refractivity contribution in [3.63, 3.8) is 0 Å². The number of pyridine rings is 1. The maximum Gasteiger partial charge on any atom is 0.450 e. The second-order valence-electron chi connectivity index (χ2n) is 5.85. The lowest BCUT2D eigenvalue weighted by Gasteiger charge is -2.24. The highest BCUT2D eigenvalue weighted by molar-refractivity contribution is 5.95. The maximum absolute atomic E-state index is 13.1. The van der Waals surface area contributed by atoms with Gasteiger partial charge in [-0.15, -0.1) is 0 Å². The van der Waals surface area contributed by atoms with Crippen LogP contribution in [0.4, 0.5) is 13.2 Å². The molecule has 1 aliphatic heterocycles. The Morgan fingerprint density at radius 3 is 2.92 bits per heavy atom. The molecule has 2 aromatic rings. The lowest BCUT2D eigenvalue weighted by atomic mass is 10.2. The number of ether oxygens (including phenoxy) is 2. The van der Waals surface area contributed by atoms with Crippen molar-refractivity contribution in [3.8, 4) is 5.75 Å². The SMILES string of the molecule is Cc1cc(C(=O)N2CCOCC(Oc3cccnc3)C2)c(C(F)(F)F)o1. The third kappa shape index (κ3) is 4.16. The van der Waals surface area contributed by atoms with E-state index in [9.17, 15) is 18.0 Å². The van der Waals surface area contributed by atoms with Gasteiger partial charge in [0.05, 0.1) is 31.5 Å². The zero-order valence-corrected chi connectivity index (χ0v) is 14.0. The first-order valence-electron chi connectivity index (χ1n) is 7.96. The molecule has 3 heterocycles. The van der Waals surface area contributed by atoms with Crippen LogP contribution < -0.4 is 4.74 Å². The van der Waals surface area contributed by atoms with Crippen molar-refractivity contribution in [2.75, 3.05) is 26.3 Å². The Morgan fingerprint density at radius 2 is 2.23 bits per heavy atom. The summed E-state index contributed by atoms with van der Waals surface area (Å²) in [5.41, 5.74) is -0.503. The largest absolute Gasteiger partial charge is 0.485 e. The minimum atomic E-state index is -4.74. The molecule has 0 N–H and O–H groups in total. The molecule has 0 bridgehead atoms. The van der Waals surface area contributed by atoms with E-state index >= 15 is 0 Å². The standard InChI is InChI=1S/C17H17F3N2O4/c1-11-7-14(15(25-11)17(18,19)20)16(23)22-5-6-24-10-13(9-22)26-12-3-2-4-21-8-12/h2-4,7-8,13H,5-6,9-10H2,1H3. The molecule has 9 heteroatoms. The van der Waals surface area contributed by atoms with Crippen molar-refractivity contribution in [2.45, 2.75) is 19.2 Å². The summed E-state index contributed by atoms with van der Waals surface area (Å²) in [7, 11) is 0. The number of amides is 1. The van der Waals surface area contributed by atoms with Gasteiger partial charge in [0.2, 0.25) is 5.76 Å². The first-order chi connectivity index (χ1) is 12.3. The lowest BCUT2D eigenvalue weighted by Crippen LogP contribution is -2.40. The van der Waals surface area contributed by atoms with Gasteiger partial charge >= 0.3 is 6.18 Å². The topological polar surface area (TPSA) is 64.8 Å². The first kappa shape index (κ1) is 18.2. The Morgan fingerprint density at radius 1 is 1.42 bits per heavy atom. The number of rotatable bonds is 3. The van der Waals surface area contributed by atoms with Gasteiger partial charge in [-0.3, -0.25) is 9.78 Å². The van der Waals surface area contributed by atoms with E-state index in [1.54, 1.807) is 18.3 Å². The number of alkyl halides is 3. The molecule has 26 heavy (non-hydrogen) atoms. The number of carbonyl (C=O) groups is 1. The third-order valence-corrected chi connectivity index (χ3v) is 3.80. The monoisotopic (exact) mass is 370 g/mol. The van der Waals surface area contributed by atoms with E-state index in [4.69, 9.17) is 13.9 Å². The number of hydrogen-bond acceptors (Lipinski definition) is 5.